The highest BCUT2D eigenvalue weighted by molar-refractivity contribution is 7.98. The summed E-state index contributed by atoms with van der Waals surface area (Å²) in [5, 5.41) is 6.11. The molecule has 9 heteroatoms. The number of carbonyl (C=O) groups is 1. The molecule has 1 amide bonds. The van der Waals surface area contributed by atoms with Gasteiger partial charge >= 0.3 is 0 Å². The monoisotopic (exact) mass is 468 g/mol. The van der Waals surface area contributed by atoms with Gasteiger partial charge in [0.15, 0.2) is 11.0 Å². The van der Waals surface area contributed by atoms with E-state index in [1.165, 1.54) is 23.1 Å². The standard InChI is InChI=1S/C22H20N4O2S3/c1-12-17(21(29-4)25-19(23-12)16-6-5-11-30-16)20(27)26-22-24-18(13(2)31-22)14-7-9-15(28-3)10-8-14/h5-11H,1-4H3,(H,24,26,27). The fraction of sp³-hybridized carbons (Fsp3) is 0.182. The lowest BCUT2D eigenvalue weighted by molar-refractivity contribution is 0.102. The third-order valence-corrected chi connectivity index (χ3v) is 7.03. The predicted molar refractivity (Wildman–Crippen MR) is 129 cm³/mol. The van der Waals surface area contributed by atoms with Crippen LogP contribution in [0.3, 0.4) is 0 Å². The summed E-state index contributed by atoms with van der Waals surface area (Å²) in [7, 11) is 1.64. The summed E-state index contributed by atoms with van der Waals surface area (Å²) in [4.78, 5) is 28.9. The van der Waals surface area contributed by atoms with E-state index >= 15 is 0 Å². The molecule has 0 radical (unpaired) electrons. The zero-order valence-corrected chi connectivity index (χ0v) is 19.9. The number of benzene rings is 1. The number of ether oxygens (including phenoxy) is 1. The van der Waals surface area contributed by atoms with Crippen molar-refractivity contribution in [3.05, 3.63) is 57.9 Å². The Bertz CT molecular complexity index is 1220. The number of aryl methyl sites for hydroxylation is 2. The Morgan fingerprint density at radius 3 is 2.52 bits per heavy atom. The third-order valence-electron chi connectivity index (χ3n) is 4.60. The normalized spacial score (nSPS) is 10.8. The van der Waals surface area contributed by atoms with Gasteiger partial charge in [0, 0.05) is 10.4 Å². The molecule has 4 rings (SSSR count). The Labute approximate surface area is 192 Å². The second-order valence-electron chi connectivity index (χ2n) is 6.60. The van der Waals surface area contributed by atoms with E-state index < -0.39 is 0 Å². The molecule has 0 aliphatic carbocycles. The lowest BCUT2D eigenvalue weighted by Gasteiger charge is -2.10. The van der Waals surface area contributed by atoms with Crippen LogP contribution in [0.15, 0.2) is 46.8 Å². The van der Waals surface area contributed by atoms with E-state index in [0.717, 1.165) is 26.8 Å². The van der Waals surface area contributed by atoms with E-state index in [1.807, 2.05) is 61.9 Å². The second kappa shape index (κ2) is 9.17. The van der Waals surface area contributed by atoms with Crippen LogP contribution in [-0.4, -0.2) is 34.2 Å². The largest absolute Gasteiger partial charge is 0.497 e. The van der Waals surface area contributed by atoms with Crippen molar-refractivity contribution in [2.75, 3.05) is 18.7 Å². The van der Waals surface area contributed by atoms with Crippen molar-refractivity contribution in [2.24, 2.45) is 0 Å². The molecule has 4 aromatic rings. The fourth-order valence-electron chi connectivity index (χ4n) is 3.10. The van der Waals surface area contributed by atoms with E-state index in [4.69, 9.17) is 4.74 Å². The second-order valence-corrected chi connectivity index (χ2v) is 9.55. The van der Waals surface area contributed by atoms with Crippen LogP contribution in [-0.2, 0) is 0 Å². The van der Waals surface area contributed by atoms with Gasteiger partial charge in [-0.05, 0) is 55.8 Å². The van der Waals surface area contributed by atoms with Gasteiger partial charge in [-0.25, -0.2) is 15.0 Å². The van der Waals surface area contributed by atoms with Crippen molar-refractivity contribution in [3.63, 3.8) is 0 Å². The molecular formula is C22H20N4O2S3. The van der Waals surface area contributed by atoms with Crippen molar-refractivity contribution in [1.82, 2.24) is 15.0 Å². The minimum Gasteiger partial charge on any atom is -0.497 e. The average molecular weight is 469 g/mol. The topological polar surface area (TPSA) is 77.0 Å². The molecule has 0 aliphatic heterocycles. The molecule has 0 atom stereocenters. The zero-order chi connectivity index (χ0) is 22.0. The van der Waals surface area contributed by atoms with Gasteiger partial charge < -0.3 is 4.74 Å². The highest BCUT2D eigenvalue weighted by Gasteiger charge is 2.21. The first-order chi connectivity index (χ1) is 15.0. The van der Waals surface area contributed by atoms with Crippen LogP contribution in [0.5, 0.6) is 5.75 Å². The first kappa shape index (κ1) is 21.5. The number of methoxy groups -OCH3 is 1. The van der Waals surface area contributed by atoms with E-state index in [0.29, 0.717) is 27.2 Å². The van der Waals surface area contributed by atoms with E-state index in [2.05, 4.69) is 20.3 Å². The zero-order valence-electron chi connectivity index (χ0n) is 17.4. The summed E-state index contributed by atoms with van der Waals surface area (Å²) >= 11 is 4.45. The van der Waals surface area contributed by atoms with E-state index in [-0.39, 0.29) is 5.91 Å². The lowest BCUT2D eigenvalue weighted by Crippen LogP contribution is -2.16. The quantitative estimate of drug-likeness (QED) is 0.279. The van der Waals surface area contributed by atoms with Gasteiger partial charge in [0.25, 0.3) is 5.91 Å². The molecule has 0 aliphatic rings. The molecule has 1 N–H and O–H groups in total. The lowest BCUT2D eigenvalue weighted by atomic mass is 10.1. The molecule has 0 saturated heterocycles. The van der Waals surface area contributed by atoms with Crippen molar-refractivity contribution in [2.45, 2.75) is 18.9 Å². The molecule has 0 spiro atoms. The van der Waals surface area contributed by atoms with Gasteiger partial charge in [-0.2, -0.15) is 0 Å². The minimum atomic E-state index is -0.255. The maximum Gasteiger partial charge on any atom is 0.262 e. The maximum atomic E-state index is 13.1. The Kier molecular flexibility index (Phi) is 6.35. The Morgan fingerprint density at radius 2 is 1.87 bits per heavy atom. The molecule has 31 heavy (non-hydrogen) atoms. The molecule has 0 saturated carbocycles. The summed E-state index contributed by atoms with van der Waals surface area (Å²) in [5.74, 6) is 1.17. The van der Waals surface area contributed by atoms with Gasteiger partial charge in [-0.15, -0.1) is 34.4 Å². The fourth-order valence-corrected chi connectivity index (χ4v) is 5.21. The van der Waals surface area contributed by atoms with Gasteiger partial charge in [-0.3, -0.25) is 10.1 Å². The van der Waals surface area contributed by atoms with Crippen molar-refractivity contribution >= 4 is 45.5 Å². The van der Waals surface area contributed by atoms with Crippen molar-refractivity contribution in [3.8, 4) is 27.7 Å². The summed E-state index contributed by atoms with van der Waals surface area (Å²) in [6.45, 7) is 3.83. The molecule has 0 bridgehead atoms. The Hall–Kier alpha value is -2.75. The van der Waals surface area contributed by atoms with Gasteiger partial charge in [0.05, 0.1) is 28.9 Å². The van der Waals surface area contributed by atoms with Gasteiger partial charge in [-0.1, -0.05) is 6.07 Å². The number of carbonyl (C=O) groups excluding carboxylic acids is 1. The molecule has 0 unspecified atom stereocenters. The predicted octanol–water partition coefficient (Wildman–Crippen LogP) is 5.93. The number of nitrogens with zero attached hydrogens (tertiary/aromatic N) is 3. The van der Waals surface area contributed by atoms with Crippen LogP contribution in [0.25, 0.3) is 22.0 Å². The number of nitrogens with one attached hydrogen (secondary N) is 1. The van der Waals surface area contributed by atoms with Crippen molar-refractivity contribution in [1.29, 1.82) is 0 Å². The average Bonchev–Trinajstić information content (AvgIpc) is 3.43. The minimum absolute atomic E-state index is 0.255. The number of hydrogen-bond acceptors (Lipinski definition) is 8. The SMILES string of the molecule is COc1ccc(-c2nc(NC(=O)c3c(C)nc(-c4cccs4)nc3SC)sc2C)cc1. The smallest absolute Gasteiger partial charge is 0.262 e. The number of thiophene rings is 1. The van der Waals surface area contributed by atoms with Crippen LogP contribution in [0.4, 0.5) is 5.13 Å². The highest BCUT2D eigenvalue weighted by atomic mass is 32.2. The molecule has 0 fully saturated rings. The van der Waals surface area contributed by atoms with Crippen LogP contribution < -0.4 is 10.1 Å². The van der Waals surface area contributed by atoms with Crippen molar-refractivity contribution < 1.29 is 9.53 Å². The molecule has 1 aromatic carbocycles. The van der Waals surface area contributed by atoms with Gasteiger partial charge in [0.2, 0.25) is 0 Å². The highest BCUT2D eigenvalue weighted by Crippen LogP contribution is 2.32. The van der Waals surface area contributed by atoms with Crippen LogP contribution in [0.1, 0.15) is 20.9 Å². The van der Waals surface area contributed by atoms with Crippen LogP contribution >= 0.6 is 34.4 Å². The molecule has 3 aromatic heterocycles. The number of thiazole rings is 1. The number of aromatic nitrogens is 3. The number of hydrogen-bond donors (Lipinski definition) is 1. The summed E-state index contributed by atoms with van der Waals surface area (Å²) < 4.78 is 5.22. The number of amides is 1. The molecule has 3 heterocycles. The molecule has 158 valence electrons. The first-order valence-electron chi connectivity index (χ1n) is 9.40. The third kappa shape index (κ3) is 4.48. The van der Waals surface area contributed by atoms with Crippen LogP contribution in [0.2, 0.25) is 0 Å². The summed E-state index contributed by atoms with van der Waals surface area (Å²) in [6.07, 6.45) is 1.91. The van der Waals surface area contributed by atoms with E-state index in [9.17, 15) is 4.79 Å². The maximum absolute atomic E-state index is 13.1. The summed E-state index contributed by atoms with van der Waals surface area (Å²) in [6, 6.07) is 11.6. The Balaban J connectivity index is 1.61. The van der Waals surface area contributed by atoms with E-state index in [1.54, 1.807) is 18.4 Å². The molecule has 6 nitrogen and oxygen atoms in total. The molecular weight excluding hydrogens is 448 g/mol. The number of thioether (sulfide) groups is 1. The Morgan fingerprint density at radius 1 is 1.10 bits per heavy atom. The van der Waals surface area contributed by atoms with Crippen LogP contribution in [0, 0.1) is 13.8 Å². The number of anilines is 1. The summed E-state index contributed by atoms with van der Waals surface area (Å²) in [5.41, 5.74) is 2.93. The van der Waals surface area contributed by atoms with Gasteiger partial charge in [0.1, 0.15) is 10.8 Å². The first-order valence-corrected chi connectivity index (χ1v) is 12.3. The number of rotatable bonds is 6.